The van der Waals surface area contributed by atoms with Crippen LogP contribution in [0.4, 0.5) is 11.4 Å². The molecular formula is C6H7N3O2. The molecule has 0 aromatic heterocycles. The van der Waals surface area contributed by atoms with Gasteiger partial charge in [-0.1, -0.05) is 0 Å². The van der Waals surface area contributed by atoms with E-state index in [2.05, 4.69) is 5.29 Å². The van der Waals surface area contributed by atoms with Gasteiger partial charge in [0, 0.05) is 5.69 Å². The van der Waals surface area contributed by atoms with Crippen molar-refractivity contribution in [3.8, 4) is 0 Å². The molecule has 11 heavy (non-hydrogen) atoms. The van der Waals surface area contributed by atoms with Crippen molar-refractivity contribution in [1.82, 2.24) is 0 Å². The predicted molar refractivity (Wildman–Crippen MR) is 40.9 cm³/mol. The molecule has 0 atom stereocenters. The summed E-state index contributed by atoms with van der Waals surface area (Å²) in [5.41, 5.74) is 6.21. The van der Waals surface area contributed by atoms with E-state index < -0.39 is 0 Å². The molecule has 0 bridgehead atoms. The third kappa shape index (κ3) is 1.65. The molecule has 0 unspecified atom stereocenters. The molecule has 5 nitrogen and oxygen atoms in total. The van der Waals surface area contributed by atoms with Crippen molar-refractivity contribution in [3.63, 3.8) is 0 Å². The van der Waals surface area contributed by atoms with E-state index >= 15 is 0 Å². The number of rotatable bonds is 2. The lowest BCUT2D eigenvalue weighted by Gasteiger charge is -2.04. The summed E-state index contributed by atoms with van der Waals surface area (Å²) in [5.74, 6) is 0. The summed E-state index contributed by atoms with van der Waals surface area (Å²) in [6, 6.07) is 6.08. The number of anilines is 2. The average Bonchev–Trinajstić information content (AvgIpc) is 2.05. The van der Waals surface area contributed by atoms with Gasteiger partial charge in [0.1, 0.15) is 0 Å². The molecule has 0 amide bonds. The van der Waals surface area contributed by atoms with Gasteiger partial charge in [-0.25, -0.2) is 0 Å². The third-order valence-electron chi connectivity index (χ3n) is 1.20. The van der Waals surface area contributed by atoms with Crippen molar-refractivity contribution in [2.75, 3.05) is 10.9 Å². The Labute approximate surface area is 62.9 Å². The molecule has 0 saturated heterocycles. The summed E-state index contributed by atoms with van der Waals surface area (Å²) in [6.45, 7) is 0. The largest absolute Gasteiger partial charge is 0.399 e. The van der Waals surface area contributed by atoms with Gasteiger partial charge in [0.25, 0.3) is 0 Å². The zero-order valence-electron chi connectivity index (χ0n) is 5.64. The van der Waals surface area contributed by atoms with Gasteiger partial charge >= 0.3 is 0 Å². The van der Waals surface area contributed by atoms with E-state index in [4.69, 9.17) is 10.9 Å². The Bertz CT molecular complexity index is 247. The first-order chi connectivity index (χ1) is 5.24. The quantitative estimate of drug-likeness (QED) is 0.379. The van der Waals surface area contributed by atoms with E-state index in [1.807, 2.05) is 0 Å². The van der Waals surface area contributed by atoms with Gasteiger partial charge in [-0.3, -0.25) is 5.21 Å². The molecule has 0 aliphatic heterocycles. The summed E-state index contributed by atoms with van der Waals surface area (Å²) in [6.07, 6.45) is 0. The second kappa shape index (κ2) is 2.98. The summed E-state index contributed by atoms with van der Waals surface area (Å²) in [7, 11) is 0. The van der Waals surface area contributed by atoms with Crippen molar-refractivity contribution in [1.29, 1.82) is 0 Å². The van der Waals surface area contributed by atoms with Crippen LogP contribution in [0.2, 0.25) is 0 Å². The van der Waals surface area contributed by atoms with Crippen LogP contribution in [0.25, 0.3) is 0 Å². The highest BCUT2D eigenvalue weighted by molar-refractivity contribution is 5.50. The van der Waals surface area contributed by atoms with Crippen molar-refractivity contribution in [3.05, 3.63) is 29.2 Å². The number of nitroso groups, excluding NO2 is 1. The zero-order valence-corrected chi connectivity index (χ0v) is 5.64. The Balaban J connectivity index is 2.89. The molecule has 0 heterocycles. The van der Waals surface area contributed by atoms with E-state index in [1.165, 1.54) is 12.1 Å². The molecule has 1 rings (SSSR count). The van der Waals surface area contributed by atoms with Crippen molar-refractivity contribution in [2.45, 2.75) is 0 Å². The summed E-state index contributed by atoms with van der Waals surface area (Å²) >= 11 is 0. The molecule has 0 saturated carbocycles. The van der Waals surface area contributed by atoms with Crippen molar-refractivity contribution < 1.29 is 5.21 Å². The average molecular weight is 153 g/mol. The Morgan fingerprint density at radius 1 is 1.36 bits per heavy atom. The first-order valence-electron chi connectivity index (χ1n) is 2.92. The molecule has 0 fully saturated rings. The maximum absolute atomic E-state index is 9.78. The number of nitrogen functional groups attached to an aromatic ring is 1. The fourth-order valence-corrected chi connectivity index (χ4v) is 0.655. The second-order valence-electron chi connectivity index (χ2n) is 1.96. The number of nitrogens with two attached hydrogens (primary N) is 1. The van der Waals surface area contributed by atoms with E-state index in [0.717, 1.165) is 0 Å². The molecule has 0 aliphatic rings. The Morgan fingerprint density at radius 2 is 1.91 bits per heavy atom. The zero-order chi connectivity index (χ0) is 8.27. The monoisotopic (exact) mass is 153 g/mol. The minimum atomic E-state index is 0.236. The minimum Gasteiger partial charge on any atom is -0.399 e. The Hall–Kier alpha value is -1.62. The SMILES string of the molecule is Nc1ccc(N(O)N=O)cc1. The fraction of sp³-hybridized carbons (Fsp3) is 0. The summed E-state index contributed by atoms with van der Waals surface area (Å²) in [4.78, 5) is 9.78. The van der Waals surface area contributed by atoms with Crippen LogP contribution in [-0.2, 0) is 0 Å². The van der Waals surface area contributed by atoms with Crippen molar-refractivity contribution >= 4 is 11.4 Å². The number of benzene rings is 1. The van der Waals surface area contributed by atoms with Gasteiger partial charge < -0.3 is 5.73 Å². The Kier molecular flexibility index (Phi) is 2.03. The van der Waals surface area contributed by atoms with Crippen LogP contribution >= 0.6 is 0 Å². The highest BCUT2D eigenvalue weighted by atomic mass is 16.6. The number of hydrogen-bond donors (Lipinski definition) is 2. The molecule has 3 N–H and O–H groups in total. The lowest BCUT2D eigenvalue weighted by Crippen LogP contribution is -2.07. The standard InChI is InChI=1S/C6H7N3O2/c7-5-1-3-6(4-2-5)9(11)8-10/h1-4,11H,7H2. The number of nitrogens with zero attached hydrogens (tertiary/aromatic N) is 2. The van der Waals surface area contributed by atoms with Gasteiger partial charge in [-0.05, 0) is 24.3 Å². The molecule has 1 aromatic rings. The lowest BCUT2D eigenvalue weighted by molar-refractivity contribution is 0.258. The minimum absolute atomic E-state index is 0.236. The van der Waals surface area contributed by atoms with E-state index in [0.29, 0.717) is 5.69 Å². The normalized spacial score (nSPS) is 9.18. The molecule has 0 radical (unpaired) electrons. The molecule has 5 heteroatoms. The van der Waals surface area contributed by atoms with E-state index in [9.17, 15) is 4.91 Å². The van der Waals surface area contributed by atoms with Gasteiger partial charge in [-0.15, -0.1) is 10.1 Å². The predicted octanol–water partition coefficient (Wildman–Crippen LogP) is 1.15. The first-order valence-corrected chi connectivity index (χ1v) is 2.92. The maximum atomic E-state index is 9.78. The maximum Gasteiger partial charge on any atom is 0.0934 e. The van der Waals surface area contributed by atoms with Crippen LogP contribution < -0.4 is 10.9 Å². The molecule has 0 spiro atoms. The summed E-state index contributed by atoms with van der Waals surface area (Å²) in [5, 5.41) is 11.3. The van der Waals surface area contributed by atoms with E-state index in [-0.39, 0.29) is 10.9 Å². The Morgan fingerprint density at radius 3 is 2.36 bits per heavy atom. The second-order valence-corrected chi connectivity index (χ2v) is 1.96. The van der Waals surface area contributed by atoms with Crippen LogP contribution in [0, 0.1) is 4.91 Å². The smallest absolute Gasteiger partial charge is 0.0934 e. The molecule has 1 aromatic carbocycles. The summed E-state index contributed by atoms with van der Waals surface area (Å²) < 4.78 is 0. The number of hydrogen-bond acceptors (Lipinski definition) is 4. The highest BCUT2D eigenvalue weighted by Gasteiger charge is 1.99. The van der Waals surface area contributed by atoms with Crippen LogP contribution in [0.1, 0.15) is 0 Å². The van der Waals surface area contributed by atoms with Crippen LogP contribution in [0.5, 0.6) is 0 Å². The van der Waals surface area contributed by atoms with Gasteiger partial charge in [0.05, 0.1) is 11.0 Å². The van der Waals surface area contributed by atoms with Crippen molar-refractivity contribution in [2.24, 2.45) is 5.29 Å². The van der Waals surface area contributed by atoms with Crippen LogP contribution in [-0.4, -0.2) is 5.21 Å². The van der Waals surface area contributed by atoms with Gasteiger partial charge in [-0.2, -0.15) is 0 Å². The first kappa shape index (κ1) is 7.49. The molecular weight excluding hydrogens is 146 g/mol. The molecule has 58 valence electrons. The van der Waals surface area contributed by atoms with Crippen LogP contribution in [0.15, 0.2) is 29.6 Å². The third-order valence-corrected chi connectivity index (χ3v) is 1.20. The molecule has 0 aliphatic carbocycles. The topological polar surface area (TPSA) is 78.9 Å². The fourth-order valence-electron chi connectivity index (χ4n) is 0.655. The lowest BCUT2D eigenvalue weighted by atomic mass is 10.3. The van der Waals surface area contributed by atoms with Gasteiger partial charge in [0.2, 0.25) is 0 Å². The van der Waals surface area contributed by atoms with E-state index in [1.54, 1.807) is 12.1 Å². The highest BCUT2D eigenvalue weighted by Crippen LogP contribution is 2.13. The van der Waals surface area contributed by atoms with Gasteiger partial charge in [0.15, 0.2) is 0 Å². The van der Waals surface area contributed by atoms with Crippen LogP contribution in [0.3, 0.4) is 0 Å².